The molecule has 3 rings (SSSR count). The molecule has 3 nitrogen and oxygen atoms in total. The molecule has 0 aliphatic carbocycles. The Labute approximate surface area is 142 Å². The zero-order chi connectivity index (χ0) is 16.6. The summed E-state index contributed by atoms with van der Waals surface area (Å²) in [7, 11) is 0. The van der Waals surface area contributed by atoms with Crippen molar-refractivity contribution in [2.75, 3.05) is 11.9 Å². The Balaban J connectivity index is 2.15. The number of anilines is 1. The summed E-state index contributed by atoms with van der Waals surface area (Å²) in [5, 5.41) is 4.06. The van der Waals surface area contributed by atoms with Crippen LogP contribution in [0.1, 0.15) is 37.5 Å². The van der Waals surface area contributed by atoms with Crippen LogP contribution in [-0.4, -0.2) is 18.0 Å². The molecule has 0 atom stereocenters. The highest BCUT2D eigenvalue weighted by atomic mass is 35.5. The fourth-order valence-electron chi connectivity index (χ4n) is 2.84. The van der Waals surface area contributed by atoms with Crippen molar-refractivity contribution in [2.24, 2.45) is 4.99 Å². The number of ether oxygens (including phenoxy) is 1. The Kier molecular flexibility index (Phi) is 4.07. The molecule has 23 heavy (non-hydrogen) atoms. The van der Waals surface area contributed by atoms with E-state index in [1.165, 1.54) is 0 Å². The van der Waals surface area contributed by atoms with E-state index in [-0.39, 0.29) is 0 Å². The maximum absolute atomic E-state index is 6.09. The quantitative estimate of drug-likeness (QED) is 0.855. The third-order valence-corrected chi connectivity index (χ3v) is 4.04. The second-order valence-electron chi connectivity index (χ2n) is 6.21. The van der Waals surface area contributed by atoms with Crippen LogP contribution >= 0.6 is 11.6 Å². The molecule has 0 spiro atoms. The number of nitrogens with one attached hydrogen (secondary N) is 1. The minimum Gasteiger partial charge on any atom is -0.466 e. The number of nitrogens with zero attached hydrogens (tertiary/aromatic N) is 1. The van der Waals surface area contributed by atoms with E-state index >= 15 is 0 Å². The Morgan fingerprint density at radius 3 is 2.57 bits per heavy atom. The summed E-state index contributed by atoms with van der Waals surface area (Å²) in [5.74, 6) is 0.854. The number of aliphatic imine (C=N–C) groups is 1. The molecule has 1 N–H and O–H groups in total. The monoisotopic (exact) mass is 328 g/mol. The first-order valence-electron chi connectivity index (χ1n) is 7.83. The lowest BCUT2D eigenvalue weighted by Crippen LogP contribution is -2.32. The van der Waals surface area contributed by atoms with Crippen LogP contribution in [0, 0.1) is 6.92 Å². The fraction of sp³-hybridized carbons (Fsp3) is 0.316. The molecule has 4 heteroatoms. The molecule has 1 heterocycles. The van der Waals surface area contributed by atoms with Crippen LogP contribution in [0.4, 0.5) is 5.69 Å². The molecule has 1 aliphatic heterocycles. The van der Waals surface area contributed by atoms with Crippen LogP contribution in [0.25, 0.3) is 0 Å². The highest BCUT2D eigenvalue weighted by Gasteiger charge is 2.29. The molecule has 0 bridgehead atoms. The Hall–Kier alpha value is -2.00. The van der Waals surface area contributed by atoms with Crippen molar-refractivity contribution in [3.63, 3.8) is 0 Å². The van der Waals surface area contributed by atoms with Crippen LogP contribution in [0.5, 0.6) is 5.75 Å². The molecule has 0 unspecified atom stereocenters. The van der Waals surface area contributed by atoms with E-state index in [1.54, 1.807) is 0 Å². The first-order chi connectivity index (χ1) is 10.9. The van der Waals surface area contributed by atoms with E-state index in [9.17, 15) is 0 Å². The van der Waals surface area contributed by atoms with Crippen molar-refractivity contribution in [2.45, 2.75) is 33.4 Å². The number of fused-ring (bicyclic) bond motifs is 1. The lowest BCUT2D eigenvalue weighted by Gasteiger charge is -2.31. The first-order valence-corrected chi connectivity index (χ1v) is 8.21. The van der Waals surface area contributed by atoms with E-state index in [2.05, 4.69) is 31.3 Å². The van der Waals surface area contributed by atoms with E-state index in [4.69, 9.17) is 21.3 Å². The zero-order valence-corrected chi connectivity index (χ0v) is 14.7. The standard InChI is InChI=1S/C19H21ClN2O/c1-5-21-14-7-9-16-17(11-14)23-19(3,4)22-18(16)15-8-6-13(20)10-12(15)2/h6-11,21H,5H2,1-4H3. The summed E-state index contributed by atoms with van der Waals surface area (Å²) >= 11 is 6.09. The van der Waals surface area contributed by atoms with E-state index in [1.807, 2.05) is 38.1 Å². The van der Waals surface area contributed by atoms with E-state index < -0.39 is 5.72 Å². The zero-order valence-electron chi connectivity index (χ0n) is 13.9. The van der Waals surface area contributed by atoms with Gasteiger partial charge in [0.25, 0.3) is 0 Å². The maximum Gasteiger partial charge on any atom is 0.195 e. The van der Waals surface area contributed by atoms with Gasteiger partial charge >= 0.3 is 0 Å². The maximum atomic E-state index is 6.09. The summed E-state index contributed by atoms with van der Waals surface area (Å²) < 4.78 is 6.07. The molecule has 0 fully saturated rings. The molecule has 2 aromatic carbocycles. The number of halogens is 1. The normalized spacial score (nSPS) is 15.4. The molecule has 120 valence electrons. The lowest BCUT2D eigenvalue weighted by atomic mass is 9.95. The van der Waals surface area contributed by atoms with Gasteiger partial charge in [-0.15, -0.1) is 0 Å². The van der Waals surface area contributed by atoms with Gasteiger partial charge in [0.1, 0.15) is 5.75 Å². The highest BCUT2D eigenvalue weighted by molar-refractivity contribution is 6.31. The summed E-state index contributed by atoms with van der Waals surface area (Å²) in [4.78, 5) is 4.82. The van der Waals surface area contributed by atoms with Gasteiger partial charge in [0, 0.05) is 34.4 Å². The van der Waals surface area contributed by atoms with Crippen molar-refractivity contribution in [1.29, 1.82) is 0 Å². The molecular weight excluding hydrogens is 308 g/mol. The van der Waals surface area contributed by atoms with Gasteiger partial charge < -0.3 is 10.1 Å². The van der Waals surface area contributed by atoms with E-state index in [0.717, 1.165) is 45.4 Å². The van der Waals surface area contributed by atoms with Gasteiger partial charge in [0.2, 0.25) is 0 Å². The predicted molar refractivity (Wildman–Crippen MR) is 97.1 cm³/mol. The molecule has 0 radical (unpaired) electrons. The Morgan fingerprint density at radius 2 is 1.87 bits per heavy atom. The van der Waals surface area contributed by atoms with Crippen LogP contribution in [0.15, 0.2) is 41.4 Å². The number of aryl methyl sites for hydroxylation is 1. The Bertz CT molecular complexity index is 781. The van der Waals surface area contributed by atoms with Crippen LogP contribution in [0.3, 0.4) is 0 Å². The van der Waals surface area contributed by atoms with Crippen molar-refractivity contribution < 1.29 is 4.74 Å². The van der Waals surface area contributed by atoms with Crippen molar-refractivity contribution in [3.05, 3.63) is 58.1 Å². The molecule has 0 aromatic heterocycles. The van der Waals surface area contributed by atoms with Crippen LogP contribution in [0.2, 0.25) is 5.02 Å². The smallest absolute Gasteiger partial charge is 0.195 e. The molecule has 0 saturated heterocycles. The number of hydrogen-bond acceptors (Lipinski definition) is 3. The molecule has 0 amide bonds. The van der Waals surface area contributed by atoms with Gasteiger partial charge in [-0.3, -0.25) is 0 Å². The summed E-state index contributed by atoms with van der Waals surface area (Å²) in [6, 6.07) is 12.1. The van der Waals surface area contributed by atoms with Gasteiger partial charge in [-0.05, 0) is 57.5 Å². The van der Waals surface area contributed by atoms with Crippen molar-refractivity contribution in [3.8, 4) is 5.75 Å². The summed E-state index contributed by atoms with van der Waals surface area (Å²) in [5.41, 5.74) is 4.61. The second-order valence-corrected chi connectivity index (χ2v) is 6.65. The number of hydrogen-bond donors (Lipinski definition) is 1. The van der Waals surface area contributed by atoms with Gasteiger partial charge in [-0.2, -0.15) is 0 Å². The second kappa shape index (κ2) is 5.89. The van der Waals surface area contributed by atoms with E-state index in [0.29, 0.717) is 0 Å². The minimum atomic E-state index is -0.598. The van der Waals surface area contributed by atoms with Gasteiger partial charge in [0.15, 0.2) is 5.72 Å². The molecule has 2 aromatic rings. The number of benzene rings is 2. The van der Waals surface area contributed by atoms with Crippen molar-refractivity contribution in [1.82, 2.24) is 0 Å². The van der Waals surface area contributed by atoms with Gasteiger partial charge in [0.05, 0.1) is 5.71 Å². The van der Waals surface area contributed by atoms with Crippen LogP contribution < -0.4 is 10.1 Å². The number of rotatable bonds is 3. The highest BCUT2D eigenvalue weighted by Crippen LogP contribution is 2.35. The SMILES string of the molecule is CCNc1ccc2c(c1)OC(C)(C)N=C2c1ccc(Cl)cc1C. The largest absolute Gasteiger partial charge is 0.466 e. The third-order valence-electron chi connectivity index (χ3n) is 3.80. The summed E-state index contributed by atoms with van der Waals surface area (Å²) in [6.45, 7) is 8.95. The fourth-order valence-corrected chi connectivity index (χ4v) is 3.06. The minimum absolute atomic E-state index is 0.598. The third kappa shape index (κ3) is 3.20. The van der Waals surface area contributed by atoms with Crippen LogP contribution in [-0.2, 0) is 0 Å². The lowest BCUT2D eigenvalue weighted by molar-refractivity contribution is 0.115. The van der Waals surface area contributed by atoms with Gasteiger partial charge in [-0.1, -0.05) is 17.7 Å². The molecule has 0 saturated carbocycles. The molecule has 1 aliphatic rings. The van der Waals surface area contributed by atoms with Crippen molar-refractivity contribution >= 4 is 23.0 Å². The average Bonchev–Trinajstić information content (AvgIpc) is 2.45. The molecular formula is C19H21ClN2O. The average molecular weight is 329 g/mol. The Morgan fingerprint density at radius 1 is 1.13 bits per heavy atom. The summed E-state index contributed by atoms with van der Waals surface area (Å²) in [6.07, 6.45) is 0. The topological polar surface area (TPSA) is 33.6 Å². The first kappa shape index (κ1) is 15.9. The predicted octanol–water partition coefficient (Wildman–Crippen LogP) is 5.05. The van der Waals surface area contributed by atoms with Gasteiger partial charge in [-0.25, -0.2) is 4.99 Å².